The summed E-state index contributed by atoms with van der Waals surface area (Å²) in [6, 6.07) is 1.30. The summed E-state index contributed by atoms with van der Waals surface area (Å²) in [5.74, 6) is 0.731. The standard InChI is InChI=1S/C13H28N2/c1-6-7-8-14-12-9-13(4,5)15-11(3)10(12)2/h10-12,14-15H,6-9H2,1-5H3. The highest BCUT2D eigenvalue weighted by atomic mass is 15.1. The number of piperidine rings is 1. The minimum absolute atomic E-state index is 0.288. The van der Waals surface area contributed by atoms with Gasteiger partial charge in [0.05, 0.1) is 0 Å². The maximum atomic E-state index is 3.72. The summed E-state index contributed by atoms with van der Waals surface area (Å²) in [6.45, 7) is 12.7. The van der Waals surface area contributed by atoms with Crippen LogP contribution in [-0.2, 0) is 0 Å². The van der Waals surface area contributed by atoms with E-state index in [2.05, 4.69) is 45.3 Å². The first kappa shape index (κ1) is 13.0. The van der Waals surface area contributed by atoms with Crippen LogP contribution in [0.2, 0.25) is 0 Å². The zero-order valence-corrected chi connectivity index (χ0v) is 11.1. The first-order chi connectivity index (χ1) is 6.96. The van der Waals surface area contributed by atoms with Crippen LogP contribution in [0.1, 0.15) is 53.9 Å². The molecule has 0 bridgehead atoms. The predicted octanol–water partition coefficient (Wildman–Crippen LogP) is 2.54. The van der Waals surface area contributed by atoms with Crippen LogP contribution in [0.15, 0.2) is 0 Å². The van der Waals surface area contributed by atoms with E-state index in [1.807, 2.05) is 0 Å². The van der Waals surface area contributed by atoms with Gasteiger partial charge in [0.25, 0.3) is 0 Å². The van der Waals surface area contributed by atoms with E-state index in [-0.39, 0.29) is 5.54 Å². The van der Waals surface area contributed by atoms with Crippen molar-refractivity contribution in [1.82, 2.24) is 10.6 Å². The van der Waals surface area contributed by atoms with E-state index in [1.54, 1.807) is 0 Å². The van der Waals surface area contributed by atoms with Gasteiger partial charge in [-0.3, -0.25) is 0 Å². The molecule has 15 heavy (non-hydrogen) atoms. The van der Waals surface area contributed by atoms with Crippen LogP contribution in [0.3, 0.4) is 0 Å². The van der Waals surface area contributed by atoms with Crippen molar-refractivity contribution in [2.24, 2.45) is 5.92 Å². The van der Waals surface area contributed by atoms with Crippen LogP contribution in [0.4, 0.5) is 0 Å². The molecule has 2 N–H and O–H groups in total. The molecule has 2 heteroatoms. The van der Waals surface area contributed by atoms with Crippen molar-refractivity contribution in [3.63, 3.8) is 0 Å². The molecule has 1 fully saturated rings. The minimum Gasteiger partial charge on any atom is -0.314 e. The molecule has 2 nitrogen and oxygen atoms in total. The summed E-state index contributed by atoms with van der Waals surface area (Å²) in [7, 11) is 0. The Labute approximate surface area is 95.2 Å². The maximum Gasteiger partial charge on any atom is 0.0142 e. The summed E-state index contributed by atoms with van der Waals surface area (Å²) in [5, 5.41) is 7.40. The van der Waals surface area contributed by atoms with Gasteiger partial charge in [-0.2, -0.15) is 0 Å². The van der Waals surface area contributed by atoms with Crippen molar-refractivity contribution in [2.75, 3.05) is 6.54 Å². The van der Waals surface area contributed by atoms with Crippen molar-refractivity contribution in [3.05, 3.63) is 0 Å². The predicted molar refractivity (Wildman–Crippen MR) is 67.2 cm³/mol. The second kappa shape index (κ2) is 5.31. The number of unbranched alkanes of at least 4 members (excludes halogenated alkanes) is 1. The third-order valence-electron chi connectivity index (χ3n) is 3.71. The summed E-state index contributed by atoms with van der Waals surface area (Å²) in [5.41, 5.74) is 0.288. The molecule has 0 aliphatic carbocycles. The average molecular weight is 212 g/mol. The molecule has 0 radical (unpaired) electrons. The second-order valence-corrected chi connectivity index (χ2v) is 5.79. The topological polar surface area (TPSA) is 24.1 Å². The van der Waals surface area contributed by atoms with E-state index in [9.17, 15) is 0 Å². The van der Waals surface area contributed by atoms with Gasteiger partial charge in [-0.05, 0) is 46.1 Å². The largest absolute Gasteiger partial charge is 0.314 e. The van der Waals surface area contributed by atoms with Crippen molar-refractivity contribution in [3.8, 4) is 0 Å². The molecule has 0 saturated carbocycles. The number of rotatable bonds is 4. The molecule has 90 valence electrons. The normalized spacial score (nSPS) is 35.4. The zero-order valence-electron chi connectivity index (χ0n) is 11.1. The van der Waals surface area contributed by atoms with Gasteiger partial charge in [-0.25, -0.2) is 0 Å². The van der Waals surface area contributed by atoms with E-state index in [1.165, 1.54) is 25.8 Å². The molecule has 1 saturated heterocycles. The minimum atomic E-state index is 0.288. The Morgan fingerprint density at radius 3 is 2.60 bits per heavy atom. The van der Waals surface area contributed by atoms with E-state index in [0.717, 1.165) is 5.92 Å². The fraction of sp³-hybridized carbons (Fsp3) is 1.00. The molecule has 3 unspecified atom stereocenters. The SMILES string of the molecule is CCCCNC1CC(C)(C)NC(C)C1C. The molecular formula is C13H28N2. The fourth-order valence-corrected chi connectivity index (χ4v) is 2.61. The summed E-state index contributed by atoms with van der Waals surface area (Å²) >= 11 is 0. The molecule has 0 spiro atoms. The van der Waals surface area contributed by atoms with E-state index in [4.69, 9.17) is 0 Å². The quantitative estimate of drug-likeness (QED) is 0.700. The maximum absolute atomic E-state index is 3.72. The lowest BCUT2D eigenvalue weighted by Crippen LogP contribution is -2.60. The van der Waals surface area contributed by atoms with E-state index >= 15 is 0 Å². The third-order valence-corrected chi connectivity index (χ3v) is 3.71. The van der Waals surface area contributed by atoms with Crippen LogP contribution < -0.4 is 10.6 Å². The smallest absolute Gasteiger partial charge is 0.0142 e. The van der Waals surface area contributed by atoms with Gasteiger partial charge < -0.3 is 10.6 Å². The molecule has 0 aromatic rings. The Hall–Kier alpha value is -0.0800. The van der Waals surface area contributed by atoms with Crippen LogP contribution in [0, 0.1) is 5.92 Å². The Morgan fingerprint density at radius 2 is 2.00 bits per heavy atom. The fourth-order valence-electron chi connectivity index (χ4n) is 2.61. The Morgan fingerprint density at radius 1 is 1.33 bits per heavy atom. The van der Waals surface area contributed by atoms with Crippen molar-refractivity contribution in [2.45, 2.75) is 71.5 Å². The average Bonchev–Trinajstić information content (AvgIpc) is 2.12. The van der Waals surface area contributed by atoms with Crippen LogP contribution in [-0.4, -0.2) is 24.2 Å². The van der Waals surface area contributed by atoms with Crippen molar-refractivity contribution in [1.29, 1.82) is 0 Å². The lowest BCUT2D eigenvalue weighted by Gasteiger charge is -2.45. The number of hydrogen-bond donors (Lipinski definition) is 2. The van der Waals surface area contributed by atoms with E-state index < -0.39 is 0 Å². The molecule has 1 aliphatic rings. The van der Waals surface area contributed by atoms with Gasteiger partial charge in [-0.15, -0.1) is 0 Å². The molecule has 0 aromatic heterocycles. The van der Waals surface area contributed by atoms with Crippen molar-refractivity contribution >= 4 is 0 Å². The van der Waals surface area contributed by atoms with Crippen LogP contribution in [0.5, 0.6) is 0 Å². The lowest BCUT2D eigenvalue weighted by molar-refractivity contribution is 0.148. The van der Waals surface area contributed by atoms with Crippen LogP contribution in [0.25, 0.3) is 0 Å². The highest BCUT2D eigenvalue weighted by Crippen LogP contribution is 2.26. The van der Waals surface area contributed by atoms with Gasteiger partial charge in [0.2, 0.25) is 0 Å². The molecule has 1 rings (SSSR count). The zero-order chi connectivity index (χ0) is 11.5. The monoisotopic (exact) mass is 212 g/mol. The second-order valence-electron chi connectivity index (χ2n) is 5.79. The van der Waals surface area contributed by atoms with Crippen LogP contribution >= 0.6 is 0 Å². The first-order valence-electron chi connectivity index (χ1n) is 6.47. The highest BCUT2D eigenvalue weighted by molar-refractivity contribution is 4.96. The summed E-state index contributed by atoms with van der Waals surface area (Å²) in [4.78, 5) is 0. The van der Waals surface area contributed by atoms with E-state index in [0.29, 0.717) is 12.1 Å². The van der Waals surface area contributed by atoms with Gasteiger partial charge in [0.15, 0.2) is 0 Å². The molecule has 0 amide bonds. The molecule has 1 heterocycles. The lowest BCUT2D eigenvalue weighted by atomic mass is 9.79. The highest BCUT2D eigenvalue weighted by Gasteiger charge is 2.35. The molecule has 3 atom stereocenters. The van der Waals surface area contributed by atoms with Gasteiger partial charge in [0, 0.05) is 17.6 Å². The Kier molecular flexibility index (Phi) is 4.60. The third kappa shape index (κ3) is 3.76. The molecule has 1 aliphatic heterocycles. The number of nitrogens with one attached hydrogen (secondary N) is 2. The van der Waals surface area contributed by atoms with Gasteiger partial charge in [0.1, 0.15) is 0 Å². The molecular weight excluding hydrogens is 184 g/mol. The van der Waals surface area contributed by atoms with Crippen molar-refractivity contribution < 1.29 is 0 Å². The van der Waals surface area contributed by atoms with Gasteiger partial charge in [-0.1, -0.05) is 20.3 Å². The summed E-state index contributed by atoms with van der Waals surface area (Å²) < 4.78 is 0. The van der Waals surface area contributed by atoms with Gasteiger partial charge >= 0.3 is 0 Å². The Bertz CT molecular complexity index is 189. The molecule has 0 aromatic carbocycles. The summed E-state index contributed by atoms with van der Waals surface area (Å²) in [6.07, 6.45) is 3.82. The number of hydrogen-bond acceptors (Lipinski definition) is 2. The Balaban J connectivity index is 2.46. The first-order valence-corrected chi connectivity index (χ1v) is 6.47.